The summed E-state index contributed by atoms with van der Waals surface area (Å²) in [4.78, 5) is 40.3. The van der Waals surface area contributed by atoms with E-state index in [1.807, 2.05) is 0 Å². The molecular formula is C24H27F2N4O3. The van der Waals surface area contributed by atoms with Crippen LogP contribution in [0.5, 0.6) is 0 Å². The Labute approximate surface area is 191 Å². The van der Waals surface area contributed by atoms with E-state index in [0.29, 0.717) is 16.8 Å². The Morgan fingerprint density at radius 3 is 2.36 bits per heavy atom. The predicted molar refractivity (Wildman–Crippen MR) is 120 cm³/mol. The van der Waals surface area contributed by atoms with Gasteiger partial charge in [0.1, 0.15) is 29.4 Å². The van der Waals surface area contributed by atoms with E-state index in [9.17, 15) is 23.2 Å². The van der Waals surface area contributed by atoms with E-state index in [0.717, 1.165) is 12.1 Å². The second-order valence-electron chi connectivity index (χ2n) is 9.01. The van der Waals surface area contributed by atoms with Gasteiger partial charge in [-0.25, -0.2) is 8.78 Å². The van der Waals surface area contributed by atoms with Crippen molar-refractivity contribution in [1.82, 2.24) is 10.2 Å². The first-order chi connectivity index (χ1) is 15.4. The van der Waals surface area contributed by atoms with E-state index < -0.39 is 52.5 Å². The van der Waals surface area contributed by atoms with Gasteiger partial charge in [0.25, 0.3) is 5.91 Å². The molecule has 175 valence electrons. The minimum absolute atomic E-state index is 0.0740. The van der Waals surface area contributed by atoms with Crippen LogP contribution in [0.1, 0.15) is 44.9 Å². The van der Waals surface area contributed by atoms with Crippen molar-refractivity contribution < 1.29 is 23.2 Å². The van der Waals surface area contributed by atoms with E-state index in [1.165, 1.54) is 17.4 Å². The van der Waals surface area contributed by atoms with Crippen molar-refractivity contribution in [3.63, 3.8) is 0 Å². The molecule has 1 radical (unpaired) electrons. The number of nitrogens with zero attached hydrogens (tertiary/aromatic N) is 1. The summed E-state index contributed by atoms with van der Waals surface area (Å²) in [5.74, 6) is -3.60. The van der Waals surface area contributed by atoms with Crippen molar-refractivity contribution >= 4 is 29.1 Å². The molecule has 2 atom stereocenters. The molecule has 0 bridgehead atoms. The molecular weight excluding hydrogens is 430 g/mol. The van der Waals surface area contributed by atoms with Gasteiger partial charge in [-0.1, -0.05) is 39.8 Å². The highest BCUT2D eigenvalue weighted by molar-refractivity contribution is 6.00. The fourth-order valence-corrected chi connectivity index (χ4v) is 3.79. The van der Waals surface area contributed by atoms with Gasteiger partial charge in [-0.2, -0.15) is 0 Å². The highest BCUT2D eigenvalue weighted by Crippen LogP contribution is 2.38. The Hall–Kier alpha value is -3.49. The van der Waals surface area contributed by atoms with Crippen LogP contribution in [0.4, 0.5) is 20.2 Å². The number of rotatable bonds is 5. The number of hydrogen-bond donors (Lipinski definition) is 3. The minimum Gasteiger partial charge on any atom is -0.399 e. The number of para-hydroxylation sites is 1. The Kier molecular flexibility index (Phi) is 6.71. The van der Waals surface area contributed by atoms with Crippen LogP contribution >= 0.6 is 0 Å². The van der Waals surface area contributed by atoms with Crippen molar-refractivity contribution in [3.8, 4) is 0 Å². The van der Waals surface area contributed by atoms with Gasteiger partial charge in [-0.05, 0) is 40.8 Å². The third-order valence-corrected chi connectivity index (χ3v) is 5.52. The van der Waals surface area contributed by atoms with Crippen molar-refractivity contribution in [2.75, 3.05) is 11.1 Å². The summed E-state index contributed by atoms with van der Waals surface area (Å²) in [5.41, 5.74) is 6.14. The lowest BCUT2D eigenvalue weighted by atomic mass is 9.85. The van der Waals surface area contributed by atoms with Crippen LogP contribution in [0.25, 0.3) is 0 Å². The Balaban J connectivity index is 2.02. The number of nitrogens with two attached hydrogens (primary N) is 1. The molecule has 0 unspecified atom stereocenters. The highest BCUT2D eigenvalue weighted by Gasteiger charge is 2.44. The normalized spacial score (nSPS) is 16.2. The van der Waals surface area contributed by atoms with Gasteiger partial charge >= 0.3 is 0 Å². The maximum absolute atomic E-state index is 14.2. The number of carbonyl (C=O) groups is 3. The van der Waals surface area contributed by atoms with Gasteiger partial charge in [-0.15, -0.1) is 0 Å². The molecule has 2 aromatic carbocycles. The van der Waals surface area contributed by atoms with Crippen molar-refractivity contribution in [1.29, 1.82) is 0 Å². The zero-order valence-corrected chi connectivity index (χ0v) is 18.9. The number of halogens is 2. The van der Waals surface area contributed by atoms with Crippen molar-refractivity contribution in [2.45, 2.75) is 46.3 Å². The first-order valence-electron chi connectivity index (χ1n) is 10.5. The van der Waals surface area contributed by atoms with Crippen LogP contribution in [0.2, 0.25) is 0 Å². The quantitative estimate of drug-likeness (QED) is 0.599. The SMILES string of the molecule is C[CH]C(=O)N[C@H](C(=O)N1Cc2ccc(N)cc2[C@H]1C(=O)Nc1c(F)cccc1F)C(C)(C)C. The number of hydrogen-bond acceptors (Lipinski definition) is 4. The van der Waals surface area contributed by atoms with E-state index in [2.05, 4.69) is 10.6 Å². The number of nitrogens with one attached hydrogen (secondary N) is 2. The third-order valence-electron chi connectivity index (χ3n) is 5.52. The second kappa shape index (κ2) is 9.17. The van der Waals surface area contributed by atoms with Gasteiger partial charge in [-0.3, -0.25) is 14.4 Å². The van der Waals surface area contributed by atoms with Gasteiger partial charge < -0.3 is 21.3 Å². The smallest absolute Gasteiger partial charge is 0.252 e. The lowest BCUT2D eigenvalue weighted by Crippen LogP contribution is -2.55. The van der Waals surface area contributed by atoms with E-state index in [-0.39, 0.29) is 6.54 Å². The highest BCUT2D eigenvalue weighted by atomic mass is 19.1. The summed E-state index contributed by atoms with van der Waals surface area (Å²) < 4.78 is 28.3. The number of anilines is 2. The fraction of sp³-hybridized carbons (Fsp3) is 0.333. The van der Waals surface area contributed by atoms with Crippen molar-refractivity contribution in [3.05, 3.63) is 65.6 Å². The Bertz CT molecular complexity index is 1080. The maximum atomic E-state index is 14.2. The lowest BCUT2D eigenvalue weighted by Gasteiger charge is -2.35. The molecule has 0 spiro atoms. The number of benzene rings is 2. The number of amides is 3. The Morgan fingerprint density at radius 1 is 1.15 bits per heavy atom. The molecule has 3 amide bonds. The largest absolute Gasteiger partial charge is 0.399 e. The summed E-state index contributed by atoms with van der Waals surface area (Å²) in [6, 6.07) is 6.00. The van der Waals surface area contributed by atoms with Gasteiger partial charge in [0, 0.05) is 18.7 Å². The van der Waals surface area contributed by atoms with Crippen LogP contribution < -0.4 is 16.4 Å². The molecule has 9 heteroatoms. The molecule has 1 aliphatic rings. The molecule has 0 aromatic heterocycles. The maximum Gasteiger partial charge on any atom is 0.252 e. The first-order valence-corrected chi connectivity index (χ1v) is 10.5. The zero-order chi connectivity index (χ0) is 24.5. The molecule has 0 saturated heterocycles. The summed E-state index contributed by atoms with van der Waals surface area (Å²) in [6.45, 7) is 6.99. The summed E-state index contributed by atoms with van der Waals surface area (Å²) in [5, 5.41) is 4.96. The first kappa shape index (κ1) is 24.2. The van der Waals surface area contributed by atoms with Crippen LogP contribution in [0.3, 0.4) is 0 Å². The monoisotopic (exact) mass is 457 g/mol. The molecule has 33 heavy (non-hydrogen) atoms. The molecule has 3 rings (SSSR count). The average Bonchev–Trinajstić information content (AvgIpc) is 3.11. The Morgan fingerprint density at radius 2 is 1.79 bits per heavy atom. The molecule has 0 fully saturated rings. The number of nitrogen functional groups attached to an aromatic ring is 1. The van der Waals surface area contributed by atoms with E-state index >= 15 is 0 Å². The van der Waals surface area contributed by atoms with Gasteiger partial charge in [0.05, 0.1) is 0 Å². The predicted octanol–water partition coefficient (Wildman–Crippen LogP) is 3.32. The molecule has 7 nitrogen and oxygen atoms in total. The zero-order valence-electron chi connectivity index (χ0n) is 18.9. The topological polar surface area (TPSA) is 105 Å². The third kappa shape index (κ3) is 4.97. The van der Waals surface area contributed by atoms with Crippen molar-refractivity contribution in [2.24, 2.45) is 5.41 Å². The second-order valence-corrected chi connectivity index (χ2v) is 9.01. The summed E-state index contributed by atoms with van der Waals surface area (Å²) in [6.07, 6.45) is 1.30. The molecule has 2 aromatic rings. The minimum atomic E-state index is -1.19. The molecule has 4 N–H and O–H groups in total. The fourth-order valence-electron chi connectivity index (χ4n) is 3.79. The standard InChI is InChI=1S/C24H27F2N4O3/c1-5-18(31)28-21(24(2,3)4)23(33)30-12-13-9-10-14(27)11-15(13)20(30)22(32)29-19-16(25)7-6-8-17(19)26/h5-11,20-21H,12,27H2,1-4H3,(H,28,31)(H,29,32)/t20-,21+/m0/s1. The summed E-state index contributed by atoms with van der Waals surface area (Å²) in [7, 11) is 0. The van der Waals surface area contributed by atoms with E-state index in [4.69, 9.17) is 5.73 Å². The number of fused-ring (bicyclic) bond motifs is 1. The van der Waals surface area contributed by atoms with Crippen LogP contribution in [0.15, 0.2) is 36.4 Å². The lowest BCUT2D eigenvalue weighted by molar-refractivity contribution is -0.144. The summed E-state index contributed by atoms with van der Waals surface area (Å²) >= 11 is 0. The molecule has 1 heterocycles. The van der Waals surface area contributed by atoms with Gasteiger partial charge in [0.15, 0.2) is 0 Å². The van der Waals surface area contributed by atoms with Crippen LogP contribution in [0, 0.1) is 23.5 Å². The van der Waals surface area contributed by atoms with Gasteiger partial charge in [0.2, 0.25) is 11.8 Å². The van der Waals surface area contributed by atoms with E-state index in [1.54, 1.807) is 45.9 Å². The average molecular weight is 458 g/mol. The number of carbonyl (C=O) groups excluding carboxylic acids is 3. The molecule has 0 saturated carbocycles. The van der Waals surface area contributed by atoms with Crippen LogP contribution in [-0.2, 0) is 20.9 Å². The van der Waals surface area contributed by atoms with Crippen LogP contribution in [-0.4, -0.2) is 28.7 Å². The molecule has 0 aliphatic carbocycles. The molecule has 1 aliphatic heterocycles.